The third kappa shape index (κ3) is 2.82. The Bertz CT molecular complexity index is 703. The van der Waals surface area contributed by atoms with Gasteiger partial charge in [-0.15, -0.1) is 12.3 Å². The highest BCUT2D eigenvalue weighted by molar-refractivity contribution is 5.15. The van der Waals surface area contributed by atoms with Crippen LogP contribution in [0.3, 0.4) is 0 Å². The second kappa shape index (κ2) is 7.23. The molecule has 0 bridgehead atoms. The van der Waals surface area contributed by atoms with Gasteiger partial charge < -0.3 is 14.6 Å². The minimum absolute atomic E-state index is 0.0232. The molecule has 3 heteroatoms. The molecule has 0 aromatic rings. The van der Waals surface area contributed by atoms with Crippen LogP contribution in [0.1, 0.15) is 85.5 Å². The normalized spacial score (nSPS) is 57.5. The van der Waals surface area contributed by atoms with E-state index in [1.165, 1.54) is 32.1 Å². The Balaban J connectivity index is 1.40. The van der Waals surface area contributed by atoms with Crippen LogP contribution in [0.25, 0.3) is 0 Å². The van der Waals surface area contributed by atoms with E-state index in [4.69, 9.17) is 15.9 Å². The van der Waals surface area contributed by atoms with Crippen molar-refractivity contribution >= 4 is 0 Å². The molecule has 5 rings (SSSR count). The first-order valence-electron chi connectivity index (χ1n) is 12.7. The van der Waals surface area contributed by atoms with E-state index in [2.05, 4.69) is 33.6 Å². The van der Waals surface area contributed by atoms with Crippen molar-refractivity contribution in [1.82, 2.24) is 0 Å². The molecule has 30 heavy (non-hydrogen) atoms. The lowest BCUT2D eigenvalue weighted by atomic mass is 9.47. The lowest BCUT2D eigenvalue weighted by Crippen LogP contribution is -2.55. The molecule has 0 amide bonds. The molecule has 0 aromatic heterocycles. The number of ether oxygens (including phenoxy) is 2. The molecule has 5 fully saturated rings. The molecule has 1 spiro atoms. The zero-order valence-electron chi connectivity index (χ0n) is 19.5. The standard InChI is InChI=1S/C27H42O3/c1-6-7-12-25(4)20-11-13-26(5)21(19(20)8-9-23(25)28)15-22-24(26)18(3)27(30-22)14-10-17(2)16-29-27/h1,17-24,28H,7-16H2,2-5H3/t17?,18-,19?,20?,21?,22-,23+,24?,25+,26-,27+/m0/s1. The van der Waals surface area contributed by atoms with E-state index in [0.717, 1.165) is 32.3 Å². The van der Waals surface area contributed by atoms with Crippen molar-refractivity contribution in [3.8, 4) is 12.3 Å². The number of aliphatic hydroxyl groups is 1. The molecule has 11 atom stereocenters. The van der Waals surface area contributed by atoms with Gasteiger partial charge in [0.05, 0.1) is 18.8 Å². The summed E-state index contributed by atoms with van der Waals surface area (Å²) in [6, 6.07) is 0. The number of hydrogen-bond donors (Lipinski definition) is 1. The molecule has 2 heterocycles. The lowest BCUT2D eigenvalue weighted by molar-refractivity contribution is -0.273. The third-order valence-electron chi connectivity index (χ3n) is 10.9. The molecule has 0 aromatic carbocycles. The Morgan fingerprint density at radius 1 is 1.07 bits per heavy atom. The van der Waals surface area contributed by atoms with Crippen LogP contribution in [0.4, 0.5) is 0 Å². The molecule has 3 saturated carbocycles. The van der Waals surface area contributed by atoms with Crippen molar-refractivity contribution in [3.63, 3.8) is 0 Å². The van der Waals surface area contributed by atoms with Crippen LogP contribution in [-0.2, 0) is 9.47 Å². The number of rotatable bonds is 2. The van der Waals surface area contributed by atoms with Gasteiger partial charge in [-0.05, 0) is 85.4 Å². The molecular formula is C27H42O3. The molecule has 2 aliphatic heterocycles. The fourth-order valence-corrected chi connectivity index (χ4v) is 9.15. The van der Waals surface area contributed by atoms with Crippen molar-refractivity contribution in [2.75, 3.05) is 6.61 Å². The van der Waals surface area contributed by atoms with Crippen molar-refractivity contribution in [2.45, 2.75) is 103 Å². The van der Waals surface area contributed by atoms with E-state index in [-0.39, 0.29) is 17.3 Å². The molecule has 168 valence electrons. The Labute approximate surface area is 183 Å². The minimum atomic E-state index is -0.323. The second-order valence-electron chi connectivity index (χ2n) is 12.2. The summed E-state index contributed by atoms with van der Waals surface area (Å²) < 4.78 is 13.3. The zero-order valence-corrected chi connectivity index (χ0v) is 19.5. The van der Waals surface area contributed by atoms with E-state index < -0.39 is 0 Å². The Hall–Kier alpha value is -0.560. The fourth-order valence-electron chi connectivity index (χ4n) is 9.15. The average molecular weight is 415 g/mol. The summed E-state index contributed by atoms with van der Waals surface area (Å²) >= 11 is 0. The summed E-state index contributed by atoms with van der Waals surface area (Å²) in [5.74, 6) is 6.28. The Morgan fingerprint density at radius 2 is 1.87 bits per heavy atom. The lowest BCUT2D eigenvalue weighted by Gasteiger charge is -2.58. The highest BCUT2D eigenvalue weighted by Gasteiger charge is 2.68. The Kier molecular flexibility index (Phi) is 5.13. The van der Waals surface area contributed by atoms with Crippen LogP contribution in [-0.4, -0.2) is 29.7 Å². The molecule has 2 saturated heterocycles. The third-order valence-corrected chi connectivity index (χ3v) is 10.9. The van der Waals surface area contributed by atoms with Crippen molar-refractivity contribution in [1.29, 1.82) is 0 Å². The van der Waals surface area contributed by atoms with Gasteiger partial charge in [0.2, 0.25) is 0 Å². The summed E-state index contributed by atoms with van der Waals surface area (Å²) in [4.78, 5) is 0. The van der Waals surface area contributed by atoms with Gasteiger partial charge in [0.1, 0.15) is 0 Å². The van der Waals surface area contributed by atoms with Crippen LogP contribution in [0.2, 0.25) is 0 Å². The number of hydrogen-bond acceptors (Lipinski definition) is 3. The first-order valence-corrected chi connectivity index (χ1v) is 12.7. The van der Waals surface area contributed by atoms with Gasteiger partial charge in [-0.2, -0.15) is 0 Å². The predicted molar refractivity (Wildman–Crippen MR) is 118 cm³/mol. The van der Waals surface area contributed by atoms with Crippen molar-refractivity contribution in [2.24, 2.45) is 46.3 Å². The van der Waals surface area contributed by atoms with Crippen LogP contribution in [0, 0.1) is 58.7 Å². The summed E-state index contributed by atoms with van der Waals surface area (Å²) in [6.45, 7) is 10.5. The van der Waals surface area contributed by atoms with Crippen LogP contribution in [0.15, 0.2) is 0 Å². The SMILES string of the molecule is C#CCC[C@]1(C)C2CC[C@@]3(C)C(C[C@@H]4O[C@]5(CCC(C)CO5)[C@@H](C)C43)C2CC[C@H]1O. The van der Waals surface area contributed by atoms with Crippen molar-refractivity contribution < 1.29 is 14.6 Å². The van der Waals surface area contributed by atoms with E-state index in [1.54, 1.807) is 0 Å². The van der Waals surface area contributed by atoms with Crippen LogP contribution in [0.5, 0.6) is 0 Å². The first-order chi connectivity index (χ1) is 14.2. The Morgan fingerprint density at radius 3 is 2.57 bits per heavy atom. The number of aliphatic hydroxyl groups excluding tert-OH is 1. The molecular weight excluding hydrogens is 372 g/mol. The van der Waals surface area contributed by atoms with Gasteiger partial charge >= 0.3 is 0 Å². The maximum atomic E-state index is 11.0. The topological polar surface area (TPSA) is 38.7 Å². The highest BCUT2D eigenvalue weighted by Crippen LogP contribution is 2.70. The van der Waals surface area contributed by atoms with Gasteiger partial charge in [0.15, 0.2) is 5.79 Å². The van der Waals surface area contributed by atoms with Gasteiger partial charge in [0, 0.05) is 18.8 Å². The zero-order chi connectivity index (χ0) is 21.3. The summed E-state index contributed by atoms with van der Waals surface area (Å²) in [7, 11) is 0. The number of fused-ring (bicyclic) bond motifs is 5. The smallest absolute Gasteiger partial charge is 0.171 e. The van der Waals surface area contributed by atoms with Crippen molar-refractivity contribution in [3.05, 3.63) is 0 Å². The predicted octanol–water partition coefficient (Wildman–Crippen LogP) is 5.41. The highest BCUT2D eigenvalue weighted by atomic mass is 16.7. The number of terminal acetylenes is 1. The first kappa shape index (κ1) is 21.3. The van der Waals surface area contributed by atoms with Crippen LogP contribution < -0.4 is 0 Å². The molecule has 3 aliphatic carbocycles. The minimum Gasteiger partial charge on any atom is -0.393 e. The molecule has 5 aliphatic rings. The molecule has 5 unspecified atom stereocenters. The molecule has 3 nitrogen and oxygen atoms in total. The second-order valence-corrected chi connectivity index (χ2v) is 12.2. The van der Waals surface area contributed by atoms with Gasteiger partial charge in [-0.3, -0.25) is 0 Å². The summed E-state index contributed by atoms with van der Waals surface area (Å²) in [5, 5.41) is 11.0. The fraction of sp³-hybridized carbons (Fsp3) is 0.926. The van der Waals surface area contributed by atoms with Crippen LogP contribution >= 0.6 is 0 Å². The largest absolute Gasteiger partial charge is 0.393 e. The molecule has 0 radical (unpaired) electrons. The maximum absolute atomic E-state index is 11.0. The van der Waals surface area contributed by atoms with E-state index in [0.29, 0.717) is 47.0 Å². The molecule has 1 N–H and O–H groups in total. The van der Waals surface area contributed by atoms with E-state index in [1.807, 2.05) is 0 Å². The van der Waals surface area contributed by atoms with Gasteiger partial charge in [0.25, 0.3) is 0 Å². The summed E-state index contributed by atoms with van der Waals surface area (Å²) in [5.41, 5.74) is 0.321. The monoisotopic (exact) mass is 414 g/mol. The van der Waals surface area contributed by atoms with E-state index >= 15 is 0 Å². The maximum Gasteiger partial charge on any atom is 0.171 e. The summed E-state index contributed by atoms with van der Waals surface area (Å²) in [6.07, 6.45) is 15.6. The quantitative estimate of drug-likeness (QED) is 0.614. The van der Waals surface area contributed by atoms with Gasteiger partial charge in [-0.25, -0.2) is 0 Å². The average Bonchev–Trinajstić information content (AvgIpc) is 3.16. The van der Waals surface area contributed by atoms with Gasteiger partial charge in [-0.1, -0.05) is 27.7 Å². The van der Waals surface area contributed by atoms with E-state index in [9.17, 15) is 5.11 Å².